The van der Waals surface area contributed by atoms with Crippen molar-refractivity contribution in [2.45, 2.75) is 19.6 Å². The molecule has 0 atom stereocenters. The molecule has 0 fully saturated rings. The van der Waals surface area contributed by atoms with Crippen molar-refractivity contribution < 1.29 is 0 Å². The number of benzene rings is 3. The molecule has 3 aromatic carbocycles. The van der Waals surface area contributed by atoms with Gasteiger partial charge in [-0.15, -0.1) is 11.3 Å². The van der Waals surface area contributed by atoms with Gasteiger partial charge in [0.15, 0.2) is 0 Å². The average molecular weight is 384 g/mol. The highest BCUT2D eigenvalue weighted by Crippen LogP contribution is 2.29. The molecule has 1 aromatic heterocycles. The summed E-state index contributed by atoms with van der Waals surface area (Å²) >= 11 is 1.73. The minimum absolute atomic E-state index is 1.02. The van der Waals surface area contributed by atoms with E-state index in [0.29, 0.717) is 0 Å². The molecule has 0 unspecified atom stereocenters. The maximum Gasteiger partial charge on any atom is 0.124 e. The highest BCUT2D eigenvalue weighted by atomic mass is 32.1. The van der Waals surface area contributed by atoms with Crippen LogP contribution in [0.2, 0.25) is 19.6 Å². The van der Waals surface area contributed by atoms with E-state index in [9.17, 15) is 0 Å². The van der Waals surface area contributed by atoms with Gasteiger partial charge in [0.2, 0.25) is 0 Å². The Morgan fingerprint density at radius 2 is 1.33 bits per heavy atom. The molecule has 4 aromatic rings. The van der Waals surface area contributed by atoms with Gasteiger partial charge in [0, 0.05) is 16.7 Å². The smallest absolute Gasteiger partial charge is 0.124 e. The molecule has 1 nitrogen and oxygen atoms in total. The summed E-state index contributed by atoms with van der Waals surface area (Å²) in [6, 6.07) is 25.3. The fourth-order valence-electron chi connectivity index (χ4n) is 2.89. The maximum atomic E-state index is 4.72. The first kappa shape index (κ1) is 17.7. The summed E-state index contributed by atoms with van der Waals surface area (Å²) in [4.78, 5) is 4.72. The predicted octanol–water partition coefficient (Wildman–Crippen LogP) is 5.91. The molecule has 0 saturated carbocycles. The van der Waals surface area contributed by atoms with Crippen molar-refractivity contribution in [3.8, 4) is 22.4 Å². The van der Waals surface area contributed by atoms with Crippen LogP contribution in [0.5, 0.6) is 0 Å². The van der Waals surface area contributed by atoms with Gasteiger partial charge in [-0.3, -0.25) is 0 Å². The van der Waals surface area contributed by atoms with Crippen molar-refractivity contribution in [2.24, 2.45) is 0 Å². The van der Waals surface area contributed by atoms with E-state index in [1.54, 1.807) is 11.3 Å². The van der Waals surface area contributed by atoms with Crippen LogP contribution < -0.4 is 5.19 Å². The molecule has 0 aliphatic heterocycles. The molecular formula is C24H21NSSi. The second-order valence-electron chi connectivity index (χ2n) is 7.64. The molecule has 0 aliphatic carbocycles. The van der Waals surface area contributed by atoms with E-state index < -0.39 is 8.07 Å². The normalized spacial score (nSPS) is 11.2. The van der Waals surface area contributed by atoms with Gasteiger partial charge in [0.1, 0.15) is 5.01 Å². The zero-order chi connectivity index (χ0) is 18.9. The van der Waals surface area contributed by atoms with Crippen LogP contribution in [0.15, 0.2) is 72.8 Å². The van der Waals surface area contributed by atoms with Crippen LogP contribution in [0, 0.1) is 11.8 Å². The van der Waals surface area contributed by atoms with E-state index in [1.807, 2.05) is 6.07 Å². The third-order valence-corrected chi connectivity index (χ3v) is 7.68. The van der Waals surface area contributed by atoms with Gasteiger partial charge in [0.25, 0.3) is 0 Å². The zero-order valence-corrected chi connectivity index (χ0v) is 17.6. The Morgan fingerprint density at radius 1 is 0.741 bits per heavy atom. The monoisotopic (exact) mass is 383 g/mol. The van der Waals surface area contributed by atoms with Crippen molar-refractivity contribution in [3.05, 3.63) is 83.9 Å². The zero-order valence-electron chi connectivity index (χ0n) is 15.8. The van der Waals surface area contributed by atoms with E-state index in [2.05, 4.69) is 98.2 Å². The molecule has 0 aliphatic rings. The fraction of sp³-hybridized carbons (Fsp3) is 0.125. The lowest BCUT2D eigenvalue weighted by Gasteiger charge is -2.15. The van der Waals surface area contributed by atoms with Crippen LogP contribution in [0.3, 0.4) is 0 Å². The number of hydrogen-bond donors (Lipinski definition) is 0. The number of hydrogen-bond acceptors (Lipinski definition) is 2. The molecule has 0 spiro atoms. The minimum Gasteiger partial charge on any atom is -0.236 e. The number of nitrogens with zero attached hydrogens (tertiary/aromatic N) is 1. The first-order valence-corrected chi connectivity index (χ1v) is 13.4. The van der Waals surface area contributed by atoms with Crippen LogP contribution in [0.1, 0.15) is 11.1 Å². The summed E-state index contributed by atoms with van der Waals surface area (Å²) in [6.07, 6.45) is 0. The number of fused-ring (bicyclic) bond motifs is 1. The maximum absolute atomic E-state index is 4.72. The second-order valence-corrected chi connectivity index (χ2v) is 13.7. The molecule has 0 bridgehead atoms. The highest BCUT2D eigenvalue weighted by molar-refractivity contribution is 7.21. The summed E-state index contributed by atoms with van der Waals surface area (Å²) in [5.41, 5.74) is 4.28. The molecule has 0 N–H and O–H groups in total. The van der Waals surface area contributed by atoms with Crippen molar-refractivity contribution in [3.63, 3.8) is 0 Å². The lowest BCUT2D eigenvalue weighted by molar-refractivity contribution is 1.47. The Labute approximate surface area is 165 Å². The standard InChI is InChI=1S/C24H21NSSi/c1-27(2,3)21-16-12-19(13-17-21)9-8-18-10-14-20(15-11-18)24-25-22-6-4-5-7-23(22)26-24/h4-7,10-17H,1-3H3. The minimum atomic E-state index is -1.25. The first-order valence-electron chi connectivity index (χ1n) is 9.08. The van der Waals surface area contributed by atoms with Crippen molar-refractivity contribution >= 4 is 34.8 Å². The molecular weight excluding hydrogens is 362 g/mol. The number of aromatic nitrogens is 1. The summed E-state index contributed by atoms with van der Waals surface area (Å²) in [5.74, 6) is 6.54. The van der Waals surface area contributed by atoms with Crippen molar-refractivity contribution in [1.82, 2.24) is 4.98 Å². The van der Waals surface area contributed by atoms with Crippen LogP contribution >= 0.6 is 11.3 Å². The van der Waals surface area contributed by atoms with Gasteiger partial charge >= 0.3 is 0 Å². The lowest BCUT2D eigenvalue weighted by atomic mass is 10.1. The summed E-state index contributed by atoms with van der Waals surface area (Å²) in [7, 11) is -1.25. The van der Waals surface area contributed by atoms with Crippen LogP contribution in [-0.4, -0.2) is 13.1 Å². The average Bonchev–Trinajstić information content (AvgIpc) is 3.11. The largest absolute Gasteiger partial charge is 0.236 e. The molecule has 0 radical (unpaired) electrons. The van der Waals surface area contributed by atoms with Crippen molar-refractivity contribution in [2.75, 3.05) is 0 Å². The van der Waals surface area contributed by atoms with Crippen LogP contribution in [-0.2, 0) is 0 Å². The Morgan fingerprint density at radius 3 is 1.93 bits per heavy atom. The Hall–Kier alpha value is -2.67. The molecule has 27 heavy (non-hydrogen) atoms. The Kier molecular flexibility index (Phi) is 4.69. The quantitative estimate of drug-likeness (QED) is 0.310. The number of para-hydroxylation sites is 1. The van der Waals surface area contributed by atoms with E-state index >= 15 is 0 Å². The summed E-state index contributed by atoms with van der Waals surface area (Å²) < 4.78 is 1.22. The molecule has 3 heteroatoms. The molecule has 1 heterocycles. The van der Waals surface area contributed by atoms with E-state index in [4.69, 9.17) is 4.98 Å². The van der Waals surface area contributed by atoms with Crippen molar-refractivity contribution in [1.29, 1.82) is 0 Å². The Balaban J connectivity index is 1.54. The number of thiazole rings is 1. The fourth-order valence-corrected chi connectivity index (χ4v) is 5.03. The van der Waals surface area contributed by atoms with Gasteiger partial charge in [-0.2, -0.15) is 0 Å². The van der Waals surface area contributed by atoms with E-state index in [0.717, 1.165) is 27.2 Å². The molecule has 0 saturated heterocycles. The third kappa shape index (κ3) is 4.03. The topological polar surface area (TPSA) is 12.9 Å². The Bertz CT molecular complexity index is 1100. The van der Waals surface area contributed by atoms with E-state index in [-0.39, 0.29) is 0 Å². The lowest BCUT2D eigenvalue weighted by Crippen LogP contribution is -2.37. The van der Waals surface area contributed by atoms with Crippen LogP contribution in [0.4, 0.5) is 0 Å². The molecule has 132 valence electrons. The molecule has 0 amide bonds. The summed E-state index contributed by atoms with van der Waals surface area (Å²) in [6.45, 7) is 7.09. The highest BCUT2D eigenvalue weighted by Gasteiger charge is 2.15. The SMILES string of the molecule is C[Si](C)(C)c1ccc(C#Cc2ccc(-c3nc4ccccc4s3)cc2)cc1. The van der Waals surface area contributed by atoms with Gasteiger partial charge < -0.3 is 0 Å². The van der Waals surface area contributed by atoms with E-state index in [1.165, 1.54) is 9.89 Å². The third-order valence-electron chi connectivity index (χ3n) is 4.53. The van der Waals surface area contributed by atoms with Gasteiger partial charge in [-0.05, 0) is 36.4 Å². The summed E-state index contributed by atoms with van der Waals surface area (Å²) in [5, 5.41) is 2.52. The molecule has 4 rings (SSSR count). The van der Waals surface area contributed by atoms with Gasteiger partial charge in [-0.25, -0.2) is 4.98 Å². The number of rotatable bonds is 2. The first-order chi connectivity index (χ1) is 13.0. The predicted molar refractivity (Wildman–Crippen MR) is 120 cm³/mol. The van der Waals surface area contributed by atoms with Crippen LogP contribution in [0.25, 0.3) is 20.8 Å². The van der Waals surface area contributed by atoms with Gasteiger partial charge in [-0.1, -0.05) is 73.1 Å². The van der Waals surface area contributed by atoms with Gasteiger partial charge in [0.05, 0.1) is 18.3 Å². The second kappa shape index (κ2) is 7.15.